The standard InChI is InChI=1S/C16H25N/c1-11(2)9-14-7-8-15(17-10-14)16(12(3)4)13(5)6/h7-10,12-13,16H,1-6H3. The molecule has 1 nitrogen and oxygen atoms in total. The van der Waals surface area contributed by atoms with Gasteiger partial charge in [-0.05, 0) is 37.3 Å². The molecule has 0 N–H and O–H groups in total. The zero-order chi connectivity index (χ0) is 13.0. The van der Waals surface area contributed by atoms with Crippen LogP contribution in [-0.2, 0) is 0 Å². The molecular formula is C16H25N. The second-order valence-corrected chi connectivity index (χ2v) is 5.75. The molecule has 0 unspecified atom stereocenters. The topological polar surface area (TPSA) is 12.9 Å². The zero-order valence-corrected chi connectivity index (χ0v) is 12.0. The van der Waals surface area contributed by atoms with E-state index in [-0.39, 0.29) is 0 Å². The molecule has 17 heavy (non-hydrogen) atoms. The van der Waals surface area contributed by atoms with E-state index in [1.807, 2.05) is 6.20 Å². The predicted molar refractivity (Wildman–Crippen MR) is 76.0 cm³/mol. The van der Waals surface area contributed by atoms with Crippen molar-refractivity contribution < 1.29 is 0 Å². The van der Waals surface area contributed by atoms with Crippen LogP contribution in [0.15, 0.2) is 23.9 Å². The van der Waals surface area contributed by atoms with E-state index in [9.17, 15) is 0 Å². The summed E-state index contributed by atoms with van der Waals surface area (Å²) in [5.74, 6) is 1.82. The molecule has 94 valence electrons. The van der Waals surface area contributed by atoms with Crippen LogP contribution in [0.3, 0.4) is 0 Å². The van der Waals surface area contributed by atoms with E-state index in [0.29, 0.717) is 17.8 Å². The number of nitrogens with zero attached hydrogens (tertiary/aromatic N) is 1. The average molecular weight is 231 g/mol. The van der Waals surface area contributed by atoms with Gasteiger partial charge in [-0.25, -0.2) is 0 Å². The molecule has 0 atom stereocenters. The Bertz CT molecular complexity index is 359. The van der Waals surface area contributed by atoms with E-state index < -0.39 is 0 Å². The minimum Gasteiger partial charge on any atom is -0.260 e. The summed E-state index contributed by atoms with van der Waals surface area (Å²) in [6.45, 7) is 13.3. The Hall–Kier alpha value is -1.11. The van der Waals surface area contributed by atoms with E-state index >= 15 is 0 Å². The number of hydrogen-bond donors (Lipinski definition) is 0. The summed E-state index contributed by atoms with van der Waals surface area (Å²) in [5.41, 5.74) is 3.73. The summed E-state index contributed by atoms with van der Waals surface area (Å²) < 4.78 is 0. The van der Waals surface area contributed by atoms with E-state index in [2.05, 4.69) is 64.7 Å². The molecule has 0 saturated carbocycles. The maximum absolute atomic E-state index is 4.63. The molecule has 0 aliphatic rings. The van der Waals surface area contributed by atoms with Crippen molar-refractivity contribution in [1.29, 1.82) is 0 Å². The number of pyridine rings is 1. The fourth-order valence-electron chi connectivity index (χ4n) is 2.49. The highest BCUT2D eigenvalue weighted by atomic mass is 14.7. The van der Waals surface area contributed by atoms with Gasteiger partial charge in [0.05, 0.1) is 0 Å². The van der Waals surface area contributed by atoms with Crippen LogP contribution in [0, 0.1) is 11.8 Å². The SMILES string of the molecule is CC(C)=Cc1ccc(C(C(C)C)C(C)C)nc1. The molecule has 0 bridgehead atoms. The lowest BCUT2D eigenvalue weighted by molar-refractivity contribution is 0.380. The highest BCUT2D eigenvalue weighted by Gasteiger charge is 2.20. The van der Waals surface area contributed by atoms with Gasteiger partial charge in [-0.1, -0.05) is 45.4 Å². The Balaban J connectivity index is 2.96. The second-order valence-electron chi connectivity index (χ2n) is 5.75. The molecule has 0 saturated heterocycles. The van der Waals surface area contributed by atoms with Gasteiger partial charge in [-0.2, -0.15) is 0 Å². The molecule has 1 rings (SSSR count). The first kappa shape index (κ1) is 14.0. The highest BCUT2D eigenvalue weighted by Crippen LogP contribution is 2.30. The van der Waals surface area contributed by atoms with Crippen LogP contribution in [-0.4, -0.2) is 4.98 Å². The molecule has 0 amide bonds. The smallest absolute Gasteiger partial charge is 0.0440 e. The average Bonchev–Trinajstić information content (AvgIpc) is 2.18. The minimum absolute atomic E-state index is 0.552. The van der Waals surface area contributed by atoms with Crippen LogP contribution in [0.4, 0.5) is 0 Å². The molecule has 0 aliphatic heterocycles. The zero-order valence-electron chi connectivity index (χ0n) is 12.0. The van der Waals surface area contributed by atoms with Crippen LogP contribution >= 0.6 is 0 Å². The van der Waals surface area contributed by atoms with Crippen molar-refractivity contribution in [2.24, 2.45) is 11.8 Å². The number of hydrogen-bond acceptors (Lipinski definition) is 1. The lowest BCUT2D eigenvalue weighted by Crippen LogP contribution is -2.14. The van der Waals surface area contributed by atoms with Gasteiger partial charge in [0.1, 0.15) is 0 Å². The Morgan fingerprint density at radius 3 is 2.00 bits per heavy atom. The van der Waals surface area contributed by atoms with Crippen LogP contribution in [0.1, 0.15) is 58.7 Å². The number of aromatic nitrogens is 1. The van der Waals surface area contributed by atoms with Gasteiger partial charge in [-0.3, -0.25) is 4.98 Å². The lowest BCUT2D eigenvalue weighted by Gasteiger charge is -2.24. The second kappa shape index (κ2) is 6.00. The molecule has 1 heterocycles. The van der Waals surface area contributed by atoms with E-state index in [1.165, 1.54) is 16.8 Å². The molecular weight excluding hydrogens is 206 g/mol. The molecule has 0 fully saturated rings. The summed E-state index contributed by atoms with van der Waals surface area (Å²) in [6, 6.07) is 4.35. The minimum atomic E-state index is 0.552. The van der Waals surface area contributed by atoms with E-state index in [0.717, 1.165) is 0 Å². The van der Waals surface area contributed by atoms with Crippen molar-refractivity contribution in [2.75, 3.05) is 0 Å². The summed E-state index contributed by atoms with van der Waals surface area (Å²) in [4.78, 5) is 4.63. The summed E-state index contributed by atoms with van der Waals surface area (Å²) in [6.07, 6.45) is 4.15. The highest BCUT2D eigenvalue weighted by molar-refractivity contribution is 5.50. The normalized spacial score (nSPS) is 11.4. The Labute approximate surface area is 106 Å². The van der Waals surface area contributed by atoms with Gasteiger partial charge in [-0.15, -0.1) is 0 Å². The van der Waals surface area contributed by atoms with Crippen LogP contribution in [0.25, 0.3) is 6.08 Å². The van der Waals surface area contributed by atoms with Crippen LogP contribution < -0.4 is 0 Å². The summed E-state index contributed by atoms with van der Waals surface area (Å²) in [7, 11) is 0. The molecule has 0 aliphatic carbocycles. The van der Waals surface area contributed by atoms with Crippen molar-refractivity contribution in [3.8, 4) is 0 Å². The monoisotopic (exact) mass is 231 g/mol. The first-order valence-electron chi connectivity index (χ1n) is 6.52. The van der Waals surface area contributed by atoms with Gasteiger partial charge in [0.25, 0.3) is 0 Å². The fraction of sp³-hybridized carbons (Fsp3) is 0.562. The van der Waals surface area contributed by atoms with Gasteiger partial charge < -0.3 is 0 Å². The maximum atomic E-state index is 4.63. The first-order chi connectivity index (χ1) is 7.91. The molecule has 1 aromatic rings. The van der Waals surface area contributed by atoms with Crippen molar-refractivity contribution >= 4 is 6.08 Å². The first-order valence-corrected chi connectivity index (χ1v) is 6.52. The number of allylic oxidation sites excluding steroid dienone is 1. The lowest BCUT2D eigenvalue weighted by atomic mass is 9.82. The third-order valence-electron chi connectivity index (χ3n) is 3.04. The van der Waals surface area contributed by atoms with Crippen LogP contribution in [0.2, 0.25) is 0 Å². The van der Waals surface area contributed by atoms with Crippen molar-refractivity contribution in [2.45, 2.75) is 47.5 Å². The molecule has 0 aromatic carbocycles. The van der Waals surface area contributed by atoms with Gasteiger partial charge in [0.2, 0.25) is 0 Å². The van der Waals surface area contributed by atoms with Crippen LogP contribution in [0.5, 0.6) is 0 Å². The predicted octanol–water partition coefficient (Wildman–Crippen LogP) is 4.90. The van der Waals surface area contributed by atoms with Crippen molar-refractivity contribution in [1.82, 2.24) is 4.98 Å². The van der Waals surface area contributed by atoms with Gasteiger partial charge in [0.15, 0.2) is 0 Å². The summed E-state index contributed by atoms with van der Waals surface area (Å²) >= 11 is 0. The van der Waals surface area contributed by atoms with Crippen molar-refractivity contribution in [3.63, 3.8) is 0 Å². The molecule has 0 radical (unpaired) electrons. The maximum Gasteiger partial charge on any atom is 0.0440 e. The van der Waals surface area contributed by atoms with Crippen molar-refractivity contribution in [3.05, 3.63) is 35.2 Å². The molecule has 0 spiro atoms. The Kier molecular flexibility index (Phi) is 4.92. The summed E-state index contributed by atoms with van der Waals surface area (Å²) in [5, 5.41) is 0. The molecule has 1 heteroatoms. The van der Waals surface area contributed by atoms with E-state index in [4.69, 9.17) is 0 Å². The third kappa shape index (κ3) is 3.99. The Morgan fingerprint density at radius 2 is 1.65 bits per heavy atom. The third-order valence-corrected chi connectivity index (χ3v) is 3.04. The Morgan fingerprint density at radius 1 is 1.06 bits per heavy atom. The van der Waals surface area contributed by atoms with Gasteiger partial charge >= 0.3 is 0 Å². The quantitative estimate of drug-likeness (QED) is 0.718. The fourth-order valence-corrected chi connectivity index (χ4v) is 2.49. The molecule has 1 aromatic heterocycles. The van der Waals surface area contributed by atoms with Gasteiger partial charge in [0, 0.05) is 17.8 Å². The number of rotatable bonds is 4. The largest absolute Gasteiger partial charge is 0.260 e. The van der Waals surface area contributed by atoms with E-state index in [1.54, 1.807) is 0 Å².